The average molecular weight is 485 g/mol. The molecule has 8 nitrogen and oxygen atoms in total. The molecule has 3 aromatic carbocycles. The zero-order valence-corrected chi connectivity index (χ0v) is 19.2. The molecule has 0 spiro atoms. The molecule has 1 heterocycles. The molecule has 0 atom stereocenters. The topological polar surface area (TPSA) is 116 Å². The molecule has 0 bridgehead atoms. The number of carbonyl (C=O) groups is 1. The van der Waals surface area contributed by atoms with Crippen molar-refractivity contribution in [2.24, 2.45) is 5.14 Å². The Morgan fingerprint density at radius 3 is 2.55 bits per heavy atom. The summed E-state index contributed by atoms with van der Waals surface area (Å²) in [4.78, 5) is 12.4. The van der Waals surface area contributed by atoms with Gasteiger partial charge in [0, 0.05) is 22.3 Å². The van der Waals surface area contributed by atoms with Gasteiger partial charge in [-0.25, -0.2) is 13.6 Å². The Kier molecular flexibility index (Phi) is 6.37. The van der Waals surface area contributed by atoms with Crippen molar-refractivity contribution in [1.82, 2.24) is 9.78 Å². The molecule has 170 valence electrons. The number of anilines is 1. The number of hydrogen-bond donors (Lipinski definition) is 2. The number of fused-ring (bicyclic) bond motifs is 1. The van der Waals surface area contributed by atoms with Gasteiger partial charge in [0.1, 0.15) is 5.75 Å². The van der Waals surface area contributed by atoms with Crippen molar-refractivity contribution in [2.45, 2.75) is 17.9 Å². The van der Waals surface area contributed by atoms with E-state index in [9.17, 15) is 13.2 Å². The Morgan fingerprint density at radius 2 is 1.88 bits per heavy atom. The predicted molar refractivity (Wildman–Crippen MR) is 127 cm³/mol. The van der Waals surface area contributed by atoms with Crippen LogP contribution in [0, 0.1) is 0 Å². The molecule has 3 N–H and O–H groups in total. The highest BCUT2D eigenvalue weighted by Crippen LogP contribution is 2.27. The second-order valence-electron chi connectivity index (χ2n) is 7.44. The molecule has 1 aromatic heterocycles. The zero-order valence-electron chi connectivity index (χ0n) is 17.7. The van der Waals surface area contributed by atoms with E-state index < -0.39 is 10.0 Å². The molecule has 0 fully saturated rings. The normalized spacial score (nSPS) is 11.5. The third-order valence-corrected chi connectivity index (χ3v) is 6.36. The van der Waals surface area contributed by atoms with Crippen molar-refractivity contribution in [3.05, 3.63) is 83.0 Å². The first-order valence-corrected chi connectivity index (χ1v) is 11.9. The highest BCUT2D eigenvalue weighted by atomic mass is 35.5. The standard InChI is InChI=1S/C23H21ClN4O4S/c1-32-18-8-6-15(7-9-18)13-28-14-19-21(27-28)11-17(12-22(19)33(25,30)31)26-23(29)10-16-4-2-3-5-20(16)24/h2-9,11-12,14H,10,13H2,1H3,(H,26,29)(H2,25,30,31). The summed E-state index contributed by atoms with van der Waals surface area (Å²) in [6.07, 6.45) is 1.66. The number of nitrogens with two attached hydrogens (primary N) is 1. The van der Waals surface area contributed by atoms with E-state index in [1.54, 1.807) is 48.3 Å². The second-order valence-corrected chi connectivity index (χ2v) is 9.38. The van der Waals surface area contributed by atoms with Crippen molar-refractivity contribution in [3.8, 4) is 5.75 Å². The van der Waals surface area contributed by atoms with Gasteiger partial charge in [0.15, 0.2) is 0 Å². The predicted octanol–water partition coefficient (Wildman–Crippen LogP) is 3.58. The van der Waals surface area contributed by atoms with Gasteiger partial charge in [0.2, 0.25) is 15.9 Å². The number of methoxy groups -OCH3 is 1. The molecule has 1 amide bonds. The van der Waals surface area contributed by atoms with Gasteiger partial charge in [-0.05, 0) is 41.5 Å². The summed E-state index contributed by atoms with van der Waals surface area (Å²) in [5, 5.41) is 13.5. The minimum Gasteiger partial charge on any atom is -0.497 e. The van der Waals surface area contributed by atoms with Crippen LogP contribution in [0.15, 0.2) is 71.8 Å². The molecule has 10 heteroatoms. The van der Waals surface area contributed by atoms with E-state index in [0.717, 1.165) is 11.3 Å². The molecular formula is C23H21ClN4O4S. The van der Waals surface area contributed by atoms with E-state index in [2.05, 4.69) is 10.4 Å². The molecule has 4 rings (SSSR count). The maximum absolute atomic E-state index is 12.5. The molecule has 33 heavy (non-hydrogen) atoms. The number of nitrogens with one attached hydrogen (secondary N) is 1. The number of nitrogens with zero attached hydrogens (tertiary/aromatic N) is 2. The fourth-order valence-electron chi connectivity index (χ4n) is 3.47. The number of carbonyl (C=O) groups excluding carboxylic acids is 1. The first kappa shape index (κ1) is 22.8. The number of halogens is 1. The molecular weight excluding hydrogens is 464 g/mol. The molecule has 4 aromatic rings. The summed E-state index contributed by atoms with van der Waals surface area (Å²) in [7, 11) is -2.47. The first-order chi connectivity index (χ1) is 15.7. The lowest BCUT2D eigenvalue weighted by atomic mass is 10.1. The van der Waals surface area contributed by atoms with E-state index in [1.807, 2.05) is 24.3 Å². The maximum atomic E-state index is 12.5. The van der Waals surface area contributed by atoms with Gasteiger partial charge in [0.05, 0.1) is 30.5 Å². The molecule has 0 aliphatic rings. The lowest BCUT2D eigenvalue weighted by Crippen LogP contribution is -2.16. The highest BCUT2D eigenvalue weighted by molar-refractivity contribution is 7.89. The van der Waals surface area contributed by atoms with Crippen molar-refractivity contribution in [1.29, 1.82) is 0 Å². The van der Waals surface area contributed by atoms with Crippen LogP contribution in [0.25, 0.3) is 10.9 Å². The molecule has 0 radical (unpaired) electrons. The largest absolute Gasteiger partial charge is 0.497 e. The monoisotopic (exact) mass is 484 g/mol. The number of benzene rings is 3. The van der Waals surface area contributed by atoms with Crippen LogP contribution in [0.1, 0.15) is 11.1 Å². The van der Waals surface area contributed by atoms with E-state index in [1.165, 1.54) is 6.07 Å². The van der Waals surface area contributed by atoms with Crippen LogP contribution in [0.5, 0.6) is 5.75 Å². The number of ether oxygens (including phenoxy) is 1. The smallest absolute Gasteiger partial charge is 0.238 e. The molecule has 0 unspecified atom stereocenters. The van der Waals surface area contributed by atoms with Crippen LogP contribution in [0.3, 0.4) is 0 Å². The number of hydrogen-bond acceptors (Lipinski definition) is 5. The number of aromatic nitrogens is 2. The summed E-state index contributed by atoms with van der Waals surface area (Å²) in [5.41, 5.74) is 2.28. The number of sulfonamides is 1. The summed E-state index contributed by atoms with van der Waals surface area (Å²) in [5.74, 6) is 0.388. The quantitative estimate of drug-likeness (QED) is 0.416. The zero-order chi connectivity index (χ0) is 23.6. The van der Waals surface area contributed by atoms with Crippen LogP contribution in [0.4, 0.5) is 5.69 Å². The second kappa shape index (κ2) is 9.22. The SMILES string of the molecule is COc1ccc(Cn2cc3c(S(N)(=O)=O)cc(NC(=O)Cc4ccccc4Cl)cc3n2)cc1. The third kappa shape index (κ3) is 5.33. The Labute approximate surface area is 196 Å². The van der Waals surface area contributed by atoms with E-state index in [0.29, 0.717) is 28.0 Å². The minimum absolute atomic E-state index is 0.0360. The number of primary sulfonamides is 1. The van der Waals surface area contributed by atoms with Crippen molar-refractivity contribution in [2.75, 3.05) is 12.4 Å². The average Bonchev–Trinajstić information content (AvgIpc) is 3.16. The van der Waals surface area contributed by atoms with Crippen LogP contribution in [-0.4, -0.2) is 31.2 Å². The lowest BCUT2D eigenvalue weighted by Gasteiger charge is -2.08. The van der Waals surface area contributed by atoms with Crippen molar-refractivity contribution >= 4 is 44.1 Å². The third-order valence-electron chi connectivity index (χ3n) is 5.04. The Morgan fingerprint density at radius 1 is 1.15 bits per heavy atom. The van der Waals surface area contributed by atoms with Crippen molar-refractivity contribution in [3.63, 3.8) is 0 Å². The van der Waals surface area contributed by atoms with Crippen LogP contribution in [0.2, 0.25) is 5.02 Å². The summed E-state index contributed by atoms with van der Waals surface area (Å²) in [6.45, 7) is 0.414. The van der Waals surface area contributed by atoms with Gasteiger partial charge >= 0.3 is 0 Å². The first-order valence-electron chi connectivity index (χ1n) is 9.93. The summed E-state index contributed by atoms with van der Waals surface area (Å²) in [6, 6.07) is 17.4. The fourth-order valence-corrected chi connectivity index (χ4v) is 4.42. The molecule has 0 aliphatic carbocycles. The van der Waals surface area contributed by atoms with Crippen LogP contribution < -0.4 is 15.2 Å². The van der Waals surface area contributed by atoms with E-state index in [4.69, 9.17) is 21.5 Å². The lowest BCUT2D eigenvalue weighted by molar-refractivity contribution is -0.115. The summed E-state index contributed by atoms with van der Waals surface area (Å²) < 4.78 is 31.3. The van der Waals surface area contributed by atoms with Gasteiger partial charge in [-0.2, -0.15) is 5.10 Å². The highest BCUT2D eigenvalue weighted by Gasteiger charge is 2.18. The van der Waals surface area contributed by atoms with Gasteiger partial charge < -0.3 is 10.1 Å². The Balaban J connectivity index is 1.64. The van der Waals surface area contributed by atoms with E-state index in [-0.39, 0.29) is 22.9 Å². The number of amides is 1. The molecule has 0 saturated heterocycles. The maximum Gasteiger partial charge on any atom is 0.238 e. The van der Waals surface area contributed by atoms with Gasteiger partial charge in [-0.15, -0.1) is 0 Å². The summed E-state index contributed by atoms with van der Waals surface area (Å²) >= 11 is 6.13. The fraction of sp³-hybridized carbons (Fsp3) is 0.130. The van der Waals surface area contributed by atoms with Gasteiger partial charge in [0.25, 0.3) is 0 Å². The molecule has 0 aliphatic heterocycles. The Bertz CT molecular complexity index is 1430. The van der Waals surface area contributed by atoms with Crippen LogP contribution >= 0.6 is 11.6 Å². The van der Waals surface area contributed by atoms with Gasteiger partial charge in [-0.3, -0.25) is 9.48 Å². The molecule has 0 saturated carbocycles. The van der Waals surface area contributed by atoms with Gasteiger partial charge in [-0.1, -0.05) is 41.9 Å². The number of rotatable bonds is 7. The van der Waals surface area contributed by atoms with Crippen molar-refractivity contribution < 1.29 is 17.9 Å². The van der Waals surface area contributed by atoms with Crippen LogP contribution in [-0.2, 0) is 27.8 Å². The van der Waals surface area contributed by atoms with E-state index >= 15 is 0 Å². The Hall–Kier alpha value is -3.40. The minimum atomic E-state index is -4.06.